The Morgan fingerprint density at radius 1 is 1.78 bits per heavy atom. The highest BCUT2D eigenvalue weighted by Crippen LogP contribution is 2.03. The van der Waals surface area contributed by atoms with Crippen LogP contribution in [0.4, 0.5) is 0 Å². The molecule has 0 heterocycles. The van der Waals surface area contributed by atoms with Crippen LogP contribution in [0.15, 0.2) is 23.8 Å². The fourth-order valence-corrected chi connectivity index (χ4v) is 0.715. The first kappa shape index (κ1) is 8.73. The van der Waals surface area contributed by atoms with Crippen LogP contribution in [0.1, 0.15) is 13.8 Å². The van der Waals surface area contributed by atoms with Gasteiger partial charge in [-0.25, -0.2) is 4.84 Å². The molecule has 1 N–H and O–H groups in total. The van der Waals surface area contributed by atoms with Crippen LogP contribution in [0.3, 0.4) is 0 Å². The summed E-state index contributed by atoms with van der Waals surface area (Å²) in [6, 6.07) is 0. The zero-order valence-corrected chi connectivity index (χ0v) is 6.63. The molecule has 1 nitrogen and oxygen atoms in total. The van der Waals surface area contributed by atoms with Crippen LogP contribution in [0, 0.1) is 0 Å². The lowest BCUT2D eigenvalue weighted by molar-refractivity contribution is 1.04. The maximum Gasteiger partial charge on any atom is 0.0358 e. The fourth-order valence-electron chi connectivity index (χ4n) is 0.571. The van der Waals surface area contributed by atoms with Crippen molar-refractivity contribution in [3.63, 3.8) is 0 Å². The van der Waals surface area contributed by atoms with Gasteiger partial charge in [-0.15, -0.1) is 0 Å². The lowest BCUT2D eigenvalue weighted by Gasteiger charge is -2.01. The number of halogens is 1. The van der Waals surface area contributed by atoms with Crippen molar-refractivity contribution in [1.29, 1.82) is 0 Å². The molecule has 0 rings (SSSR count). The highest BCUT2D eigenvalue weighted by Gasteiger charge is 1.92. The average Bonchev–Trinajstić information content (AvgIpc) is 1.82. The normalized spacial score (nSPS) is 11.7. The maximum absolute atomic E-state index is 5.29. The number of rotatable bonds is 3. The molecule has 0 unspecified atom stereocenters. The van der Waals surface area contributed by atoms with Crippen molar-refractivity contribution < 1.29 is 0 Å². The van der Waals surface area contributed by atoms with Crippen molar-refractivity contribution in [2.75, 3.05) is 6.54 Å². The van der Waals surface area contributed by atoms with Crippen LogP contribution in [0.5, 0.6) is 0 Å². The lowest BCUT2D eigenvalue weighted by Crippen LogP contribution is -2.04. The summed E-state index contributed by atoms with van der Waals surface area (Å²) in [7, 11) is 0. The van der Waals surface area contributed by atoms with Crippen LogP contribution in [-0.4, -0.2) is 6.54 Å². The highest BCUT2D eigenvalue weighted by atomic mass is 35.5. The summed E-state index contributed by atoms with van der Waals surface area (Å²) < 4.78 is 0. The van der Waals surface area contributed by atoms with Crippen molar-refractivity contribution in [2.24, 2.45) is 0 Å². The quantitative estimate of drug-likeness (QED) is 0.475. The van der Waals surface area contributed by atoms with E-state index in [9.17, 15) is 0 Å². The van der Waals surface area contributed by atoms with Crippen molar-refractivity contribution in [1.82, 2.24) is 4.84 Å². The minimum atomic E-state index is 0.688. The van der Waals surface area contributed by atoms with Gasteiger partial charge in [-0.3, -0.25) is 0 Å². The first-order valence-electron chi connectivity index (χ1n) is 2.87. The van der Waals surface area contributed by atoms with E-state index in [0.29, 0.717) is 6.54 Å². The molecule has 9 heavy (non-hydrogen) atoms. The molecule has 0 saturated carbocycles. The van der Waals surface area contributed by atoms with Crippen LogP contribution in [0.25, 0.3) is 0 Å². The molecule has 52 valence electrons. The van der Waals surface area contributed by atoms with E-state index < -0.39 is 0 Å². The number of hydrogen-bond acceptors (Lipinski definition) is 1. The Labute approximate surface area is 61.5 Å². The summed E-state index contributed by atoms with van der Waals surface area (Å²) in [5.41, 5.74) is 2.22. The van der Waals surface area contributed by atoms with E-state index in [0.717, 1.165) is 11.1 Å². The second-order valence-electron chi connectivity index (χ2n) is 1.90. The lowest BCUT2D eigenvalue weighted by atomic mass is 10.1. The molecular formula is C7H12ClN. The predicted octanol–water partition coefficient (Wildman–Crippen LogP) is 2.25. The summed E-state index contributed by atoms with van der Waals surface area (Å²) in [4.78, 5) is 2.54. The van der Waals surface area contributed by atoms with Gasteiger partial charge in [0.2, 0.25) is 0 Å². The fraction of sp³-hybridized carbons (Fsp3) is 0.429. The van der Waals surface area contributed by atoms with Crippen LogP contribution in [-0.2, 0) is 0 Å². The number of nitrogens with one attached hydrogen (secondary N) is 1. The summed E-state index contributed by atoms with van der Waals surface area (Å²) >= 11 is 5.29. The van der Waals surface area contributed by atoms with Crippen molar-refractivity contribution in [3.8, 4) is 0 Å². The van der Waals surface area contributed by atoms with Gasteiger partial charge in [-0.05, 0) is 31.2 Å². The largest absolute Gasteiger partial charge is 0.229 e. The van der Waals surface area contributed by atoms with Gasteiger partial charge in [-0.1, -0.05) is 18.2 Å². The summed E-state index contributed by atoms with van der Waals surface area (Å²) in [5.74, 6) is 0. The predicted molar refractivity (Wildman–Crippen MR) is 42.4 cm³/mol. The number of allylic oxidation sites excluding steroid dienone is 1. The minimum absolute atomic E-state index is 0.688. The Morgan fingerprint density at radius 2 is 2.33 bits per heavy atom. The first-order chi connectivity index (χ1) is 4.22. The Hall–Kier alpha value is -0.270. The molecule has 0 atom stereocenters. The zero-order valence-electron chi connectivity index (χ0n) is 5.87. The highest BCUT2D eigenvalue weighted by molar-refractivity contribution is 6.13. The van der Waals surface area contributed by atoms with E-state index in [2.05, 4.69) is 11.4 Å². The average molecular weight is 146 g/mol. The van der Waals surface area contributed by atoms with Crippen LogP contribution >= 0.6 is 11.8 Å². The van der Waals surface area contributed by atoms with Gasteiger partial charge < -0.3 is 0 Å². The zero-order chi connectivity index (χ0) is 7.28. The third-order valence-corrected chi connectivity index (χ3v) is 1.29. The molecule has 0 saturated heterocycles. The second-order valence-corrected chi connectivity index (χ2v) is 2.17. The summed E-state index contributed by atoms with van der Waals surface area (Å²) in [5, 5.41) is 0. The molecule has 0 spiro atoms. The Balaban J connectivity index is 3.85. The van der Waals surface area contributed by atoms with Gasteiger partial charge in [0.1, 0.15) is 0 Å². The second kappa shape index (κ2) is 4.59. The third kappa shape index (κ3) is 3.33. The first-order valence-corrected chi connectivity index (χ1v) is 3.24. The molecule has 2 heteroatoms. The Bertz CT molecular complexity index is 127. The monoisotopic (exact) mass is 145 g/mol. The molecule has 0 radical (unpaired) electrons. The standard InChI is InChI=1S/C7H12ClN/c1-4-7(5-9-8)6(2)3/h4,9H,2,5H2,1,3H3/b7-4+. The Kier molecular flexibility index (Phi) is 4.46. The van der Waals surface area contributed by atoms with Gasteiger partial charge in [0, 0.05) is 6.54 Å². The molecule has 0 bridgehead atoms. The van der Waals surface area contributed by atoms with Crippen molar-refractivity contribution in [2.45, 2.75) is 13.8 Å². The van der Waals surface area contributed by atoms with Crippen molar-refractivity contribution in [3.05, 3.63) is 23.8 Å². The van der Waals surface area contributed by atoms with E-state index in [1.54, 1.807) is 0 Å². The van der Waals surface area contributed by atoms with Gasteiger partial charge in [0.05, 0.1) is 0 Å². The molecule has 0 fully saturated rings. The van der Waals surface area contributed by atoms with Crippen LogP contribution in [0.2, 0.25) is 0 Å². The van der Waals surface area contributed by atoms with Crippen molar-refractivity contribution >= 4 is 11.8 Å². The molecule has 0 aromatic carbocycles. The van der Waals surface area contributed by atoms with Gasteiger partial charge in [0.15, 0.2) is 0 Å². The molecule has 0 aromatic rings. The summed E-state index contributed by atoms with van der Waals surface area (Å²) in [6.07, 6.45) is 2.00. The van der Waals surface area contributed by atoms with Gasteiger partial charge >= 0.3 is 0 Å². The van der Waals surface area contributed by atoms with E-state index >= 15 is 0 Å². The topological polar surface area (TPSA) is 12.0 Å². The van der Waals surface area contributed by atoms with Crippen LogP contribution < -0.4 is 4.84 Å². The van der Waals surface area contributed by atoms with Gasteiger partial charge in [-0.2, -0.15) is 0 Å². The smallest absolute Gasteiger partial charge is 0.0358 e. The molecular weight excluding hydrogens is 134 g/mol. The molecule has 0 aliphatic carbocycles. The molecule has 0 amide bonds. The minimum Gasteiger partial charge on any atom is -0.229 e. The molecule has 0 aliphatic rings. The summed E-state index contributed by atoms with van der Waals surface area (Å²) in [6.45, 7) is 8.40. The van der Waals surface area contributed by atoms with E-state index in [4.69, 9.17) is 11.8 Å². The van der Waals surface area contributed by atoms with E-state index in [-0.39, 0.29) is 0 Å². The molecule has 0 aromatic heterocycles. The van der Waals surface area contributed by atoms with Gasteiger partial charge in [0.25, 0.3) is 0 Å². The third-order valence-electron chi connectivity index (χ3n) is 1.15. The number of hydrogen-bond donors (Lipinski definition) is 1. The SMILES string of the molecule is C=C(C)/C(=C/C)CNCl. The van der Waals surface area contributed by atoms with E-state index in [1.807, 2.05) is 19.9 Å². The molecule has 0 aliphatic heterocycles. The van der Waals surface area contributed by atoms with E-state index in [1.165, 1.54) is 0 Å². The maximum atomic E-state index is 5.29. The Morgan fingerprint density at radius 3 is 2.44 bits per heavy atom.